The van der Waals surface area contributed by atoms with Crippen molar-refractivity contribution in [2.45, 2.75) is 56.2 Å². The fourth-order valence-corrected chi connectivity index (χ4v) is 4.08. The van der Waals surface area contributed by atoms with Gasteiger partial charge >= 0.3 is 0 Å². The summed E-state index contributed by atoms with van der Waals surface area (Å²) in [6.07, 6.45) is 11.0. The van der Waals surface area contributed by atoms with Crippen LogP contribution in [-0.4, -0.2) is 4.83 Å². The van der Waals surface area contributed by atoms with Crippen molar-refractivity contribution in [3.63, 3.8) is 0 Å². The highest BCUT2D eigenvalue weighted by molar-refractivity contribution is 9.09. The van der Waals surface area contributed by atoms with Gasteiger partial charge in [-0.05, 0) is 36.5 Å². The molecule has 0 amide bonds. The first-order chi connectivity index (χ1) is 8.74. The molecule has 0 aliphatic heterocycles. The molecule has 0 heterocycles. The summed E-state index contributed by atoms with van der Waals surface area (Å²) >= 11 is 9.88. The molecule has 100 valence electrons. The Morgan fingerprint density at radius 3 is 2.56 bits per heavy atom. The van der Waals surface area contributed by atoms with E-state index < -0.39 is 0 Å². The molecule has 2 heteroatoms. The fraction of sp³-hybridized carbons (Fsp3) is 0.625. The Labute approximate surface area is 124 Å². The van der Waals surface area contributed by atoms with Gasteiger partial charge < -0.3 is 0 Å². The van der Waals surface area contributed by atoms with E-state index in [4.69, 9.17) is 11.6 Å². The second kappa shape index (κ2) is 7.55. The Hall–Kier alpha value is -0.0100. The standard InChI is InChI=1S/C16H22BrCl/c17-15(10-13-6-3-1-2-4-7-13)11-14-8-5-9-16(18)12-14/h5,8-9,12-13,15H,1-4,6-7,10-11H2. The van der Waals surface area contributed by atoms with Gasteiger partial charge in [-0.25, -0.2) is 0 Å². The maximum absolute atomic E-state index is 6.03. The number of benzene rings is 1. The first-order valence-corrected chi connectivity index (χ1v) is 8.42. The van der Waals surface area contributed by atoms with Crippen molar-refractivity contribution in [3.05, 3.63) is 34.9 Å². The first kappa shape index (κ1) is 14.4. The van der Waals surface area contributed by atoms with Gasteiger partial charge in [-0.15, -0.1) is 0 Å². The molecule has 18 heavy (non-hydrogen) atoms. The molecular weight excluding hydrogens is 308 g/mol. The van der Waals surface area contributed by atoms with Gasteiger partial charge in [0, 0.05) is 9.85 Å². The highest BCUT2D eigenvalue weighted by Crippen LogP contribution is 2.29. The van der Waals surface area contributed by atoms with Crippen LogP contribution in [0.25, 0.3) is 0 Å². The summed E-state index contributed by atoms with van der Waals surface area (Å²) in [5.41, 5.74) is 1.35. The number of halogens is 2. The van der Waals surface area contributed by atoms with Crippen molar-refractivity contribution < 1.29 is 0 Å². The lowest BCUT2D eigenvalue weighted by molar-refractivity contribution is 0.423. The Balaban J connectivity index is 1.82. The van der Waals surface area contributed by atoms with Gasteiger partial charge in [0.15, 0.2) is 0 Å². The Bertz CT molecular complexity index is 356. The van der Waals surface area contributed by atoms with Crippen LogP contribution in [0.5, 0.6) is 0 Å². The van der Waals surface area contributed by atoms with Crippen molar-refractivity contribution in [1.82, 2.24) is 0 Å². The molecule has 0 nitrogen and oxygen atoms in total. The van der Waals surface area contributed by atoms with Crippen LogP contribution in [0.15, 0.2) is 24.3 Å². The van der Waals surface area contributed by atoms with Gasteiger partial charge in [0.2, 0.25) is 0 Å². The van der Waals surface area contributed by atoms with Gasteiger partial charge in [-0.2, -0.15) is 0 Å². The van der Waals surface area contributed by atoms with E-state index in [0.29, 0.717) is 4.83 Å². The molecular formula is C16H22BrCl. The van der Waals surface area contributed by atoms with Crippen LogP contribution in [0, 0.1) is 5.92 Å². The molecule has 2 rings (SSSR count). The minimum absolute atomic E-state index is 0.596. The predicted molar refractivity (Wildman–Crippen MR) is 83.7 cm³/mol. The molecule has 1 unspecified atom stereocenters. The lowest BCUT2D eigenvalue weighted by Crippen LogP contribution is -2.10. The SMILES string of the molecule is Clc1cccc(CC(Br)CC2CCCCCC2)c1. The Morgan fingerprint density at radius 2 is 1.89 bits per heavy atom. The maximum Gasteiger partial charge on any atom is 0.0408 e. The Morgan fingerprint density at radius 1 is 1.17 bits per heavy atom. The van der Waals surface area contributed by atoms with Crippen LogP contribution in [0.2, 0.25) is 5.02 Å². The second-order valence-electron chi connectivity index (χ2n) is 5.52. The summed E-state index contributed by atoms with van der Waals surface area (Å²) in [5.74, 6) is 0.927. The van der Waals surface area contributed by atoms with E-state index in [-0.39, 0.29) is 0 Å². The Kier molecular flexibility index (Phi) is 6.04. The molecule has 0 saturated heterocycles. The van der Waals surface area contributed by atoms with E-state index in [1.807, 2.05) is 12.1 Å². The van der Waals surface area contributed by atoms with E-state index in [1.54, 1.807) is 0 Å². The number of hydrogen-bond acceptors (Lipinski definition) is 0. The molecule has 1 aromatic carbocycles. The van der Waals surface area contributed by atoms with E-state index >= 15 is 0 Å². The van der Waals surface area contributed by atoms with Crippen LogP contribution in [0.3, 0.4) is 0 Å². The summed E-state index contributed by atoms with van der Waals surface area (Å²) in [7, 11) is 0. The third kappa shape index (κ3) is 4.93. The quantitative estimate of drug-likeness (QED) is 0.469. The number of rotatable bonds is 4. The van der Waals surface area contributed by atoms with Gasteiger partial charge in [-0.1, -0.05) is 78.2 Å². The number of hydrogen-bond donors (Lipinski definition) is 0. The summed E-state index contributed by atoms with van der Waals surface area (Å²) in [4.78, 5) is 0.596. The van der Waals surface area contributed by atoms with Crippen LogP contribution >= 0.6 is 27.5 Å². The predicted octanol–water partition coefficient (Wildman–Crippen LogP) is 6.01. The van der Waals surface area contributed by atoms with Crippen molar-refractivity contribution >= 4 is 27.5 Å². The van der Waals surface area contributed by atoms with E-state index in [9.17, 15) is 0 Å². The van der Waals surface area contributed by atoms with Crippen molar-refractivity contribution in [2.75, 3.05) is 0 Å². The van der Waals surface area contributed by atoms with Gasteiger partial charge in [0.25, 0.3) is 0 Å². The summed E-state index contributed by atoms with van der Waals surface area (Å²) in [5, 5.41) is 0.849. The zero-order valence-corrected chi connectivity index (χ0v) is 13.2. The molecule has 0 radical (unpaired) electrons. The smallest absolute Gasteiger partial charge is 0.0408 e. The van der Waals surface area contributed by atoms with Crippen molar-refractivity contribution in [3.8, 4) is 0 Å². The molecule has 0 N–H and O–H groups in total. The number of alkyl halides is 1. The molecule has 1 aliphatic rings. The van der Waals surface area contributed by atoms with Gasteiger partial charge in [0.1, 0.15) is 0 Å². The van der Waals surface area contributed by atoms with E-state index in [0.717, 1.165) is 17.4 Å². The highest BCUT2D eigenvalue weighted by Gasteiger charge is 2.16. The first-order valence-electron chi connectivity index (χ1n) is 7.12. The maximum atomic E-state index is 6.03. The third-order valence-electron chi connectivity index (χ3n) is 3.91. The van der Waals surface area contributed by atoms with Crippen molar-refractivity contribution in [2.24, 2.45) is 5.92 Å². The molecule has 0 spiro atoms. The van der Waals surface area contributed by atoms with E-state index in [2.05, 4.69) is 28.1 Å². The summed E-state index contributed by atoms with van der Waals surface area (Å²) in [6.45, 7) is 0. The lowest BCUT2D eigenvalue weighted by atomic mass is 9.93. The topological polar surface area (TPSA) is 0 Å². The normalized spacial score (nSPS) is 19.4. The van der Waals surface area contributed by atoms with Crippen molar-refractivity contribution in [1.29, 1.82) is 0 Å². The lowest BCUT2D eigenvalue weighted by Gasteiger charge is -2.18. The van der Waals surface area contributed by atoms with Crippen LogP contribution < -0.4 is 0 Å². The van der Waals surface area contributed by atoms with Gasteiger partial charge in [-0.3, -0.25) is 0 Å². The fourth-order valence-electron chi connectivity index (χ4n) is 2.96. The summed E-state index contributed by atoms with van der Waals surface area (Å²) in [6, 6.07) is 8.25. The van der Waals surface area contributed by atoms with Crippen LogP contribution in [-0.2, 0) is 6.42 Å². The van der Waals surface area contributed by atoms with Crippen LogP contribution in [0.4, 0.5) is 0 Å². The van der Waals surface area contributed by atoms with E-state index in [1.165, 1.54) is 50.5 Å². The minimum Gasteiger partial charge on any atom is -0.0887 e. The zero-order valence-electron chi connectivity index (χ0n) is 10.9. The largest absolute Gasteiger partial charge is 0.0887 e. The molecule has 1 saturated carbocycles. The highest BCUT2D eigenvalue weighted by atomic mass is 79.9. The second-order valence-corrected chi connectivity index (χ2v) is 7.26. The van der Waals surface area contributed by atoms with Crippen LogP contribution in [0.1, 0.15) is 50.5 Å². The molecule has 1 fully saturated rings. The molecule has 1 atom stereocenters. The van der Waals surface area contributed by atoms with Gasteiger partial charge in [0.05, 0.1) is 0 Å². The average Bonchev–Trinajstić information content (AvgIpc) is 2.57. The molecule has 0 aromatic heterocycles. The monoisotopic (exact) mass is 328 g/mol. The zero-order chi connectivity index (χ0) is 12.8. The third-order valence-corrected chi connectivity index (χ3v) is 4.84. The molecule has 1 aromatic rings. The summed E-state index contributed by atoms with van der Waals surface area (Å²) < 4.78 is 0. The average molecular weight is 330 g/mol. The molecule has 1 aliphatic carbocycles. The minimum atomic E-state index is 0.596. The molecule has 0 bridgehead atoms.